The lowest BCUT2D eigenvalue weighted by atomic mass is 10.00. The number of likely N-dealkylation sites (N-methyl/N-ethyl adjacent to an activating group) is 1. The van der Waals surface area contributed by atoms with E-state index in [9.17, 15) is 9.59 Å². The van der Waals surface area contributed by atoms with Gasteiger partial charge in [-0.15, -0.1) is 0 Å². The second-order valence-corrected chi connectivity index (χ2v) is 11.0. The Labute approximate surface area is 246 Å². The fourth-order valence-corrected chi connectivity index (χ4v) is 5.61. The number of methoxy groups -OCH3 is 1. The Bertz CT molecular complexity index is 1390. The maximum Gasteiger partial charge on any atom is 0.239 e. The van der Waals surface area contributed by atoms with Gasteiger partial charge in [0.2, 0.25) is 11.8 Å². The van der Waals surface area contributed by atoms with Crippen LogP contribution in [0.3, 0.4) is 0 Å². The predicted octanol–water partition coefficient (Wildman–Crippen LogP) is 4.16. The number of nitrogens with zero attached hydrogens (tertiary/aromatic N) is 3. The molecule has 3 aromatic rings. The second kappa shape index (κ2) is 13.4. The number of aromatic nitrogens is 1. The van der Waals surface area contributed by atoms with Crippen LogP contribution in [0.25, 0.3) is 0 Å². The van der Waals surface area contributed by atoms with E-state index in [1.807, 2.05) is 63.2 Å². The van der Waals surface area contributed by atoms with Gasteiger partial charge >= 0.3 is 0 Å². The fourth-order valence-electron chi connectivity index (χ4n) is 5.61. The number of likely N-dealkylation sites (tertiary alicyclic amines) is 1. The summed E-state index contributed by atoms with van der Waals surface area (Å²) in [6.07, 6.45) is 1.27. The Hall–Kier alpha value is -3.89. The topological polar surface area (TPSA) is 106 Å². The SMILES string of the molecule is CCN1CC(=O)N[C@H]2CCN(Cc3c(C)noc3C)C[C@@H]2OCc2cccc(c2)Oc2cc(ccc2OC)CCC1=O. The Morgan fingerprint density at radius 3 is 2.71 bits per heavy atom. The molecule has 2 aromatic carbocycles. The highest BCUT2D eigenvalue weighted by atomic mass is 16.5. The van der Waals surface area contributed by atoms with Crippen molar-refractivity contribution >= 4 is 11.8 Å². The molecule has 1 saturated heterocycles. The van der Waals surface area contributed by atoms with Gasteiger partial charge < -0.3 is 29.0 Å². The van der Waals surface area contributed by atoms with Crippen LogP contribution in [0.4, 0.5) is 0 Å². The maximum atomic E-state index is 13.2. The van der Waals surface area contributed by atoms with Gasteiger partial charge in [-0.1, -0.05) is 23.4 Å². The van der Waals surface area contributed by atoms with E-state index in [4.69, 9.17) is 18.7 Å². The van der Waals surface area contributed by atoms with Gasteiger partial charge in [0.15, 0.2) is 11.5 Å². The van der Waals surface area contributed by atoms with Gasteiger partial charge in [-0.25, -0.2) is 0 Å². The summed E-state index contributed by atoms with van der Waals surface area (Å²) in [4.78, 5) is 30.2. The molecular weight excluding hydrogens is 536 g/mol. The number of aryl methyl sites for hydroxylation is 3. The zero-order chi connectivity index (χ0) is 29.6. The summed E-state index contributed by atoms with van der Waals surface area (Å²) in [5.74, 6) is 2.42. The maximum absolute atomic E-state index is 13.2. The highest BCUT2D eigenvalue weighted by Crippen LogP contribution is 2.33. The second-order valence-electron chi connectivity index (χ2n) is 11.0. The van der Waals surface area contributed by atoms with Crippen LogP contribution in [0.15, 0.2) is 47.0 Å². The largest absolute Gasteiger partial charge is 0.493 e. The van der Waals surface area contributed by atoms with E-state index in [1.165, 1.54) is 0 Å². The number of fused-ring (bicyclic) bond motifs is 5. The fraction of sp³-hybridized carbons (Fsp3) is 0.469. The quantitative estimate of drug-likeness (QED) is 0.494. The molecule has 10 nitrogen and oxygen atoms in total. The standard InChI is InChI=1S/C32H40N4O6/c1-5-36-19-31(37)33-27-13-14-35(17-26-21(2)34-42-22(26)3)18-30(27)40-20-24-7-6-8-25(15-24)41-29-16-23(10-12-32(36)38)9-11-28(29)39-4/h6-9,11,15-16,27,30H,5,10,12-14,17-20H2,1-4H3,(H,33,37)/t27-,30-/m0/s1. The monoisotopic (exact) mass is 576 g/mol. The van der Waals surface area contributed by atoms with E-state index in [-0.39, 0.29) is 36.9 Å². The summed E-state index contributed by atoms with van der Waals surface area (Å²) in [5, 5.41) is 7.28. The van der Waals surface area contributed by atoms with Crippen LogP contribution in [-0.4, -0.2) is 72.2 Å². The van der Waals surface area contributed by atoms with Crippen molar-refractivity contribution in [3.8, 4) is 17.2 Å². The van der Waals surface area contributed by atoms with Crippen molar-refractivity contribution in [1.29, 1.82) is 0 Å². The molecule has 1 N–H and O–H groups in total. The van der Waals surface area contributed by atoms with Crippen LogP contribution in [0.5, 0.6) is 17.2 Å². The van der Waals surface area contributed by atoms with Gasteiger partial charge in [-0.2, -0.15) is 0 Å². The number of piperidine rings is 1. The summed E-state index contributed by atoms with van der Waals surface area (Å²) in [5.41, 5.74) is 3.88. The van der Waals surface area contributed by atoms with Crippen molar-refractivity contribution in [2.45, 2.75) is 65.3 Å². The van der Waals surface area contributed by atoms with Crippen molar-refractivity contribution in [1.82, 2.24) is 20.3 Å². The Morgan fingerprint density at radius 1 is 1.10 bits per heavy atom. The van der Waals surface area contributed by atoms with Crippen LogP contribution >= 0.6 is 0 Å². The van der Waals surface area contributed by atoms with Gasteiger partial charge in [0, 0.05) is 38.2 Å². The average molecular weight is 577 g/mol. The normalized spacial score (nSPS) is 20.6. The first-order valence-electron chi connectivity index (χ1n) is 14.6. The molecule has 0 spiro atoms. The van der Waals surface area contributed by atoms with E-state index in [0.717, 1.165) is 41.1 Å². The Morgan fingerprint density at radius 2 is 1.95 bits per heavy atom. The van der Waals surface area contributed by atoms with Gasteiger partial charge in [0.05, 0.1) is 38.1 Å². The Kier molecular flexibility index (Phi) is 9.44. The minimum atomic E-state index is -0.255. The predicted molar refractivity (Wildman–Crippen MR) is 156 cm³/mol. The van der Waals surface area contributed by atoms with Gasteiger partial charge in [-0.05, 0) is 69.0 Å². The lowest BCUT2D eigenvalue weighted by molar-refractivity contribution is -0.136. The molecule has 2 aliphatic heterocycles. The van der Waals surface area contributed by atoms with E-state index in [1.54, 1.807) is 12.0 Å². The van der Waals surface area contributed by atoms with Crippen molar-refractivity contribution in [2.24, 2.45) is 0 Å². The highest BCUT2D eigenvalue weighted by Gasteiger charge is 2.32. The van der Waals surface area contributed by atoms with Crippen LogP contribution in [0.1, 0.15) is 47.9 Å². The molecule has 1 aromatic heterocycles. The summed E-state index contributed by atoms with van der Waals surface area (Å²) in [6, 6.07) is 13.3. The number of nitrogens with one attached hydrogen (secondary N) is 1. The number of ether oxygens (including phenoxy) is 3. The lowest BCUT2D eigenvalue weighted by Crippen LogP contribution is -2.56. The third kappa shape index (κ3) is 7.11. The molecule has 0 unspecified atom stereocenters. The first-order chi connectivity index (χ1) is 20.3. The molecular formula is C32H40N4O6. The zero-order valence-electron chi connectivity index (χ0n) is 24.9. The number of benzene rings is 2. The van der Waals surface area contributed by atoms with E-state index < -0.39 is 0 Å². The third-order valence-electron chi connectivity index (χ3n) is 8.07. The highest BCUT2D eigenvalue weighted by molar-refractivity contribution is 5.85. The molecule has 10 heteroatoms. The number of hydrogen-bond acceptors (Lipinski definition) is 8. The minimum Gasteiger partial charge on any atom is -0.493 e. The average Bonchev–Trinajstić information content (AvgIpc) is 3.30. The summed E-state index contributed by atoms with van der Waals surface area (Å²) in [6.45, 7) is 8.70. The van der Waals surface area contributed by atoms with Crippen molar-refractivity contribution in [3.05, 3.63) is 70.6 Å². The van der Waals surface area contributed by atoms with E-state index in [0.29, 0.717) is 49.9 Å². The number of carbonyl (C=O) groups excluding carboxylic acids is 2. The summed E-state index contributed by atoms with van der Waals surface area (Å²) in [7, 11) is 1.61. The molecule has 4 bridgehead atoms. The summed E-state index contributed by atoms with van der Waals surface area (Å²) >= 11 is 0. The molecule has 224 valence electrons. The first-order valence-corrected chi connectivity index (χ1v) is 14.6. The van der Waals surface area contributed by atoms with E-state index >= 15 is 0 Å². The third-order valence-corrected chi connectivity index (χ3v) is 8.07. The number of carbonyl (C=O) groups is 2. The van der Waals surface area contributed by atoms with Crippen molar-refractivity contribution < 1.29 is 28.3 Å². The molecule has 0 saturated carbocycles. The molecule has 2 amide bonds. The number of hydrogen-bond donors (Lipinski definition) is 1. The molecule has 2 aliphatic rings. The minimum absolute atomic E-state index is 0.0143. The zero-order valence-corrected chi connectivity index (χ0v) is 24.9. The van der Waals surface area contributed by atoms with Crippen LogP contribution in [-0.2, 0) is 33.9 Å². The molecule has 3 heterocycles. The Balaban J connectivity index is 1.40. The van der Waals surface area contributed by atoms with Gasteiger partial charge in [-0.3, -0.25) is 14.5 Å². The molecule has 5 rings (SSSR count). The smallest absolute Gasteiger partial charge is 0.239 e. The summed E-state index contributed by atoms with van der Waals surface area (Å²) < 4.78 is 23.7. The molecule has 42 heavy (non-hydrogen) atoms. The number of amides is 2. The molecule has 0 radical (unpaired) electrons. The molecule has 2 atom stereocenters. The van der Waals surface area contributed by atoms with E-state index in [2.05, 4.69) is 15.4 Å². The molecule has 1 fully saturated rings. The van der Waals surface area contributed by atoms with Crippen molar-refractivity contribution in [3.63, 3.8) is 0 Å². The molecule has 0 aliphatic carbocycles. The number of rotatable bonds is 4. The lowest BCUT2D eigenvalue weighted by Gasteiger charge is -2.39. The van der Waals surface area contributed by atoms with Crippen LogP contribution in [0.2, 0.25) is 0 Å². The van der Waals surface area contributed by atoms with Gasteiger partial charge in [0.1, 0.15) is 11.5 Å². The van der Waals surface area contributed by atoms with Crippen molar-refractivity contribution in [2.75, 3.05) is 33.3 Å². The van der Waals surface area contributed by atoms with Crippen LogP contribution < -0.4 is 14.8 Å². The van der Waals surface area contributed by atoms with Gasteiger partial charge in [0.25, 0.3) is 0 Å². The first kappa shape index (κ1) is 29.6. The van der Waals surface area contributed by atoms with Crippen LogP contribution in [0, 0.1) is 13.8 Å².